The minimum atomic E-state index is -0.382. The van der Waals surface area contributed by atoms with Gasteiger partial charge in [-0.2, -0.15) is 0 Å². The molecule has 0 aliphatic heterocycles. The summed E-state index contributed by atoms with van der Waals surface area (Å²) in [6.45, 7) is 7.76. The van der Waals surface area contributed by atoms with Crippen LogP contribution in [0.25, 0.3) is 0 Å². The molecule has 1 saturated carbocycles. The molecule has 106 valence electrons. The van der Waals surface area contributed by atoms with Crippen molar-refractivity contribution in [1.29, 1.82) is 0 Å². The van der Waals surface area contributed by atoms with Crippen LogP contribution in [0.3, 0.4) is 0 Å². The number of likely N-dealkylation sites (N-methyl/N-ethyl adjacent to an activating group) is 1. The van der Waals surface area contributed by atoms with Gasteiger partial charge in [0.15, 0.2) is 0 Å². The van der Waals surface area contributed by atoms with E-state index in [1.54, 1.807) is 4.90 Å². The number of nitrogens with two attached hydrogens (primary N) is 1. The first kappa shape index (κ1) is 15.4. The van der Waals surface area contributed by atoms with Crippen LogP contribution in [0.2, 0.25) is 0 Å². The summed E-state index contributed by atoms with van der Waals surface area (Å²) in [5, 5.41) is 0. The molecule has 1 amide bonds. The number of carbonyl (C=O) groups excluding carboxylic acids is 1. The summed E-state index contributed by atoms with van der Waals surface area (Å²) >= 11 is 0. The van der Waals surface area contributed by atoms with Gasteiger partial charge in [0.1, 0.15) is 6.10 Å². The average molecular weight is 256 g/mol. The molecule has 0 heterocycles. The van der Waals surface area contributed by atoms with Gasteiger partial charge >= 0.3 is 0 Å². The van der Waals surface area contributed by atoms with Crippen molar-refractivity contribution in [3.05, 3.63) is 0 Å². The molecule has 4 heteroatoms. The summed E-state index contributed by atoms with van der Waals surface area (Å²) in [4.78, 5) is 13.8. The van der Waals surface area contributed by atoms with Crippen molar-refractivity contribution in [3.8, 4) is 0 Å². The van der Waals surface area contributed by atoms with E-state index in [9.17, 15) is 4.79 Å². The van der Waals surface area contributed by atoms with Crippen LogP contribution in [0, 0.1) is 0 Å². The maximum absolute atomic E-state index is 12.0. The molecule has 0 saturated heterocycles. The molecule has 1 atom stereocenters. The van der Waals surface area contributed by atoms with E-state index in [1.807, 2.05) is 20.8 Å². The first-order chi connectivity index (χ1) is 8.52. The Balaban J connectivity index is 2.39. The third-order valence-corrected chi connectivity index (χ3v) is 3.89. The molecule has 18 heavy (non-hydrogen) atoms. The molecule has 1 fully saturated rings. The van der Waals surface area contributed by atoms with Crippen LogP contribution in [-0.2, 0) is 9.53 Å². The van der Waals surface area contributed by atoms with E-state index in [-0.39, 0.29) is 17.6 Å². The van der Waals surface area contributed by atoms with Crippen LogP contribution < -0.4 is 5.73 Å². The Bertz CT molecular complexity index is 259. The number of rotatable bonds is 6. The largest absolute Gasteiger partial charge is 0.367 e. The van der Waals surface area contributed by atoms with Gasteiger partial charge in [-0.25, -0.2) is 0 Å². The minimum Gasteiger partial charge on any atom is -0.367 e. The van der Waals surface area contributed by atoms with E-state index in [0.29, 0.717) is 6.61 Å². The smallest absolute Gasteiger partial charge is 0.251 e. The van der Waals surface area contributed by atoms with Crippen LogP contribution in [0.1, 0.15) is 52.9 Å². The Morgan fingerprint density at radius 2 is 1.83 bits per heavy atom. The number of nitrogens with zero attached hydrogens (tertiary/aromatic N) is 1. The Morgan fingerprint density at radius 3 is 2.33 bits per heavy atom. The summed E-state index contributed by atoms with van der Waals surface area (Å²) < 4.78 is 5.71. The fourth-order valence-electron chi connectivity index (χ4n) is 2.55. The molecular weight excluding hydrogens is 228 g/mol. The van der Waals surface area contributed by atoms with Crippen LogP contribution in [-0.4, -0.2) is 42.1 Å². The molecule has 2 N–H and O–H groups in total. The molecular formula is C14H28N2O2. The summed E-state index contributed by atoms with van der Waals surface area (Å²) in [7, 11) is 0. The van der Waals surface area contributed by atoms with Crippen molar-refractivity contribution in [2.75, 3.05) is 19.7 Å². The van der Waals surface area contributed by atoms with Crippen LogP contribution in [0.4, 0.5) is 0 Å². The van der Waals surface area contributed by atoms with Crippen LogP contribution in [0.15, 0.2) is 0 Å². The second kappa shape index (κ2) is 7.10. The maximum Gasteiger partial charge on any atom is 0.251 e. The number of hydrogen-bond acceptors (Lipinski definition) is 3. The quantitative estimate of drug-likeness (QED) is 0.790. The molecule has 0 bridgehead atoms. The van der Waals surface area contributed by atoms with Gasteiger partial charge in [-0.05, 0) is 33.6 Å². The zero-order chi connectivity index (χ0) is 13.6. The second-order valence-electron chi connectivity index (χ2n) is 5.39. The highest BCUT2D eigenvalue weighted by molar-refractivity contribution is 5.80. The Labute approximate surface area is 111 Å². The van der Waals surface area contributed by atoms with Crippen molar-refractivity contribution in [1.82, 2.24) is 4.90 Å². The number of hydrogen-bond donors (Lipinski definition) is 1. The Kier molecular flexibility index (Phi) is 6.09. The lowest BCUT2D eigenvalue weighted by Gasteiger charge is -2.34. The fraction of sp³-hybridized carbons (Fsp3) is 0.929. The van der Waals surface area contributed by atoms with Gasteiger partial charge in [0.25, 0.3) is 5.91 Å². The summed E-state index contributed by atoms with van der Waals surface area (Å²) in [6, 6.07) is 0. The van der Waals surface area contributed by atoms with Gasteiger partial charge in [0, 0.05) is 18.6 Å². The summed E-state index contributed by atoms with van der Waals surface area (Å²) in [5.74, 6) is 0.0689. The lowest BCUT2D eigenvalue weighted by molar-refractivity contribution is -0.143. The van der Waals surface area contributed by atoms with Gasteiger partial charge in [0.05, 0.1) is 6.61 Å². The van der Waals surface area contributed by atoms with Crippen LogP contribution in [0.5, 0.6) is 0 Å². The Hall–Kier alpha value is -0.610. The maximum atomic E-state index is 12.0. The molecule has 0 aromatic carbocycles. The van der Waals surface area contributed by atoms with Gasteiger partial charge in [-0.15, -0.1) is 0 Å². The van der Waals surface area contributed by atoms with E-state index in [4.69, 9.17) is 10.5 Å². The van der Waals surface area contributed by atoms with E-state index in [2.05, 4.69) is 0 Å². The molecule has 1 aliphatic rings. The first-order valence-corrected chi connectivity index (χ1v) is 7.21. The molecule has 0 spiro atoms. The lowest BCUT2D eigenvalue weighted by atomic mass is 9.83. The van der Waals surface area contributed by atoms with E-state index >= 15 is 0 Å². The van der Waals surface area contributed by atoms with Crippen molar-refractivity contribution >= 4 is 5.91 Å². The average Bonchev–Trinajstić information content (AvgIpc) is 2.38. The van der Waals surface area contributed by atoms with Gasteiger partial charge < -0.3 is 15.4 Å². The number of carbonyl (C=O) groups is 1. The molecule has 0 radical (unpaired) electrons. The predicted molar refractivity (Wildman–Crippen MR) is 73.3 cm³/mol. The third kappa shape index (κ3) is 4.25. The molecule has 4 nitrogen and oxygen atoms in total. The number of amides is 1. The summed E-state index contributed by atoms with van der Waals surface area (Å²) in [5.41, 5.74) is 6.09. The molecule has 1 unspecified atom stereocenters. The van der Waals surface area contributed by atoms with Gasteiger partial charge in [0.2, 0.25) is 0 Å². The SMILES string of the molecule is CCN(CC)C(=O)C(C)OCC1(N)CCCCC1. The molecule has 1 rings (SSSR count). The zero-order valence-electron chi connectivity index (χ0n) is 12.1. The van der Waals surface area contributed by atoms with E-state index in [0.717, 1.165) is 25.9 Å². The standard InChI is InChI=1S/C14H28N2O2/c1-4-16(5-2)13(17)12(3)18-11-14(15)9-7-6-8-10-14/h12H,4-11,15H2,1-3H3. The first-order valence-electron chi connectivity index (χ1n) is 7.21. The normalized spacial score (nSPS) is 20.4. The van der Waals surface area contributed by atoms with Crippen molar-refractivity contribution in [2.45, 2.75) is 64.5 Å². The number of ether oxygens (including phenoxy) is 1. The third-order valence-electron chi connectivity index (χ3n) is 3.89. The molecule has 0 aromatic heterocycles. The zero-order valence-corrected chi connectivity index (χ0v) is 12.1. The highest BCUT2D eigenvalue weighted by Crippen LogP contribution is 2.26. The van der Waals surface area contributed by atoms with Crippen LogP contribution >= 0.6 is 0 Å². The van der Waals surface area contributed by atoms with Gasteiger partial charge in [-0.3, -0.25) is 4.79 Å². The summed E-state index contributed by atoms with van der Waals surface area (Å²) in [6.07, 6.45) is 5.27. The van der Waals surface area contributed by atoms with Crippen molar-refractivity contribution in [3.63, 3.8) is 0 Å². The minimum absolute atomic E-state index is 0.0689. The second-order valence-corrected chi connectivity index (χ2v) is 5.39. The Morgan fingerprint density at radius 1 is 1.28 bits per heavy atom. The van der Waals surface area contributed by atoms with Crippen molar-refractivity contribution < 1.29 is 9.53 Å². The molecule has 1 aliphatic carbocycles. The molecule has 0 aromatic rings. The highest BCUT2D eigenvalue weighted by atomic mass is 16.5. The van der Waals surface area contributed by atoms with Gasteiger partial charge in [-0.1, -0.05) is 19.3 Å². The topological polar surface area (TPSA) is 55.6 Å². The van der Waals surface area contributed by atoms with Crippen molar-refractivity contribution in [2.24, 2.45) is 5.73 Å². The van der Waals surface area contributed by atoms with E-state index < -0.39 is 0 Å². The fourth-order valence-corrected chi connectivity index (χ4v) is 2.55. The predicted octanol–water partition coefficient (Wildman–Crippen LogP) is 1.92. The van der Waals surface area contributed by atoms with E-state index in [1.165, 1.54) is 19.3 Å². The highest BCUT2D eigenvalue weighted by Gasteiger charge is 2.29. The monoisotopic (exact) mass is 256 g/mol. The lowest BCUT2D eigenvalue weighted by Crippen LogP contribution is -2.48.